The second-order valence-corrected chi connectivity index (χ2v) is 4.94. The van der Waals surface area contributed by atoms with Crippen molar-refractivity contribution < 1.29 is 14.3 Å². The summed E-state index contributed by atoms with van der Waals surface area (Å²) in [4.78, 5) is 12.1. The molecule has 0 fully saturated rings. The highest BCUT2D eigenvalue weighted by molar-refractivity contribution is 5.91. The number of carbonyl (C=O) groups excluding carboxylic acids is 1. The highest BCUT2D eigenvalue weighted by Crippen LogP contribution is 2.21. The first-order chi connectivity index (χ1) is 10.1. The molecule has 0 saturated carbocycles. The number of esters is 1. The van der Waals surface area contributed by atoms with Gasteiger partial charge in [0.1, 0.15) is 0 Å². The zero-order valence-corrected chi connectivity index (χ0v) is 12.8. The Morgan fingerprint density at radius 2 is 1.86 bits per heavy atom. The van der Waals surface area contributed by atoms with Crippen LogP contribution in [0.4, 0.5) is 0 Å². The van der Waals surface area contributed by atoms with Crippen LogP contribution in [0.2, 0.25) is 0 Å². The van der Waals surface area contributed by atoms with E-state index in [4.69, 9.17) is 9.47 Å². The summed E-state index contributed by atoms with van der Waals surface area (Å²) in [5.41, 5.74) is 3.58. The molecule has 4 nitrogen and oxygen atoms in total. The van der Waals surface area contributed by atoms with Crippen LogP contribution in [-0.2, 0) is 9.47 Å². The number of nitrogens with zero attached hydrogens (tertiary/aromatic N) is 1. The zero-order chi connectivity index (χ0) is 15.2. The molecule has 0 aliphatic heterocycles. The third-order valence-electron chi connectivity index (χ3n) is 3.39. The van der Waals surface area contributed by atoms with Crippen LogP contribution in [0.5, 0.6) is 0 Å². The van der Waals surface area contributed by atoms with Crippen molar-refractivity contribution in [2.24, 2.45) is 0 Å². The smallest absolute Gasteiger partial charge is 0.339 e. The fourth-order valence-electron chi connectivity index (χ4n) is 2.39. The SMILES string of the molecule is COCCCOC(=O)c1cc(C)n(-c2ccccc2)c1C. The minimum atomic E-state index is -0.276. The van der Waals surface area contributed by atoms with Crippen LogP contribution < -0.4 is 0 Å². The highest BCUT2D eigenvalue weighted by atomic mass is 16.5. The summed E-state index contributed by atoms with van der Waals surface area (Å²) in [7, 11) is 1.63. The number of rotatable bonds is 6. The predicted octanol–water partition coefficient (Wildman–Crippen LogP) is 3.29. The summed E-state index contributed by atoms with van der Waals surface area (Å²) in [5, 5.41) is 0. The van der Waals surface area contributed by atoms with Gasteiger partial charge >= 0.3 is 5.97 Å². The fraction of sp³-hybridized carbons (Fsp3) is 0.353. The second kappa shape index (κ2) is 7.09. The van der Waals surface area contributed by atoms with Crippen molar-refractivity contribution in [2.45, 2.75) is 20.3 Å². The van der Waals surface area contributed by atoms with Crippen LogP contribution in [-0.4, -0.2) is 30.9 Å². The van der Waals surface area contributed by atoms with Gasteiger partial charge in [0.25, 0.3) is 0 Å². The minimum Gasteiger partial charge on any atom is -0.462 e. The molecular weight excluding hydrogens is 266 g/mol. The van der Waals surface area contributed by atoms with Gasteiger partial charge in [-0.15, -0.1) is 0 Å². The van der Waals surface area contributed by atoms with E-state index in [2.05, 4.69) is 4.57 Å². The molecule has 0 aliphatic carbocycles. The summed E-state index contributed by atoms with van der Waals surface area (Å²) in [6, 6.07) is 11.9. The monoisotopic (exact) mass is 287 g/mol. The summed E-state index contributed by atoms with van der Waals surface area (Å²) in [6.07, 6.45) is 0.708. The zero-order valence-electron chi connectivity index (χ0n) is 12.8. The average Bonchev–Trinajstić information content (AvgIpc) is 2.79. The number of hydrogen-bond donors (Lipinski definition) is 0. The van der Waals surface area contributed by atoms with Gasteiger partial charge in [0.05, 0.1) is 12.2 Å². The Bertz CT molecular complexity index is 602. The standard InChI is InChI=1S/C17H21NO3/c1-13-12-16(17(19)21-11-7-10-20-3)14(2)18(13)15-8-5-4-6-9-15/h4-6,8-9,12H,7,10-11H2,1-3H3. The Labute approximate surface area is 125 Å². The first-order valence-corrected chi connectivity index (χ1v) is 7.05. The molecule has 0 bridgehead atoms. The van der Waals surface area contributed by atoms with Crippen LogP contribution in [0.1, 0.15) is 28.2 Å². The number of hydrogen-bond acceptors (Lipinski definition) is 3. The van der Waals surface area contributed by atoms with Gasteiger partial charge in [0, 0.05) is 37.2 Å². The largest absolute Gasteiger partial charge is 0.462 e. The van der Waals surface area contributed by atoms with E-state index in [9.17, 15) is 4.79 Å². The molecule has 1 aromatic heterocycles. The number of ether oxygens (including phenoxy) is 2. The van der Waals surface area contributed by atoms with E-state index in [-0.39, 0.29) is 5.97 Å². The molecule has 112 valence electrons. The van der Waals surface area contributed by atoms with Gasteiger partial charge in [0.15, 0.2) is 0 Å². The van der Waals surface area contributed by atoms with Crippen LogP contribution in [0.25, 0.3) is 5.69 Å². The number of carbonyl (C=O) groups is 1. The maximum absolute atomic E-state index is 12.1. The molecule has 0 saturated heterocycles. The molecule has 0 unspecified atom stereocenters. The Balaban J connectivity index is 2.17. The normalized spacial score (nSPS) is 10.6. The van der Waals surface area contributed by atoms with E-state index in [0.717, 1.165) is 17.1 Å². The van der Waals surface area contributed by atoms with E-state index in [0.29, 0.717) is 25.2 Å². The molecule has 0 atom stereocenters. The molecule has 21 heavy (non-hydrogen) atoms. The van der Waals surface area contributed by atoms with Gasteiger partial charge in [-0.05, 0) is 32.0 Å². The molecule has 1 aromatic carbocycles. The first kappa shape index (κ1) is 15.3. The van der Waals surface area contributed by atoms with E-state index < -0.39 is 0 Å². The molecule has 0 aliphatic rings. The summed E-state index contributed by atoms with van der Waals surface area (Å²) in [5.74, 6) is -0.276. The van der Waals surface area contributed by atoms with Crippen LogP contribution in [0, 0.1) is 13.8 Å². The van der Waals surface area contributed by atoms with Crippen molar-refractivity contribution in [3.05, 3.63) is 53.3 Å². The summed E-state index contributed by atoms with van der Waals surface area (Å²) >= 11 is 0. The summed E-state index contributed by atoms with van der Waals surface area (Å²) in [6.45, 7) is 4.89. The van der Waals surface area contributed by atoms with Crippen molar-refractivity contribution >= 4 is 5.97 Å². The lowest BCUT2D eigenvalue weighted by Gasteiger charge is -2.09. The summed E-state index contributed by atoms with van der Waals surface area (Å²) < 4.78 is 12.3. The lowest BCUT2D eigenvalue weighted by molar-refractivity contribution is 0.0467. The quantitative estimate of drug-likeness (QED) is 0.604. The minimum absolute atomic E-state index is 0.276. The lowest BCUT2D eigenvalue weighted by atomic mass is 10.2. The van der Waals surface area contributed by atoms with Crippen LogP contribution in [0.3, 0.4) is 0 Å². The Morgan fingerprint density at radius 3 is 2.52 bits per heavy atom. The number of para-hydroxylation sites is 1. The first-order valence-electron chi connectivity index (χ1n) is 7.05. The van der Waals surface area contributed by atoms with Gasteiger partial charge in [0.2, 0.25) is 0 Å². The topological polar surface area (TPSA) is 40.5 Å². The van der Waals surface area contributed by atoms with Crippen molar-refractivity contribution in [2.75, 3.05) is 20.3 Å². The molecule has 4 heteroatoms. The van der Waals surface area contributed by atoms with Crippen molar-refractivity contribution in [3.63, 3.8) is 0 Å². The Morgan fingerprint density at radius 1 is 1.14 bits per heavy atom. The van der Waals surface area contributed by atoms with E-state index in [1.807, 2.05) is 50.2 Å². The molecule has 2 rings (SSSR count). The third kappa shape index (κ3) is 3.52. The van der Waals surface area contributed by atoms with E-state index in [1.165, 1.54) is 0 Å². The molecule has 0 amide bonds. The molecule has 1 heterocycles. The number of benzene rings is 1. The predicted molar refractivity (Wildman–Crippen MR) is 82.0 cm³/mol. The molecular formula is C17H21NO3. The average molecular weight is 287 g/mol. The molecule has 0 radical (unpaired) electrons. The van der Waals surface area contributed by atoms with Gasteiger partial charge in [-0.1, -0.05) is 18.2 Å². The Hall–Kier alpha value is -2.07. The van der Waals surface area contributed by atoms with Gasteiger partial charge in [-0.25, -0.2) is 4.79 Å². The maximum atomic E-state index is 12.1. The van der Waals surface area contributed by atoms with Crippen molar-refractivity contribution in [3.8, 4) is 5.69 Å². The van der Waals surface area contributed by atoms with Crippen molar-refractivity contribution in [1.82, 2.24) is 4.57 Å². The lowest BCUT2D eigenvalue weighted by Crippen LogP contribution is -2.09. The highest BCUT2D eigenvalue weighted by Gasteiger charge is 2.17. The van der Waals surface area contributed by atoms with Gasteiger partial charge < -0.3 is 14.0 Å². The van der Waals surface area contributed by atoms with Gasteiger partial charge in [-0.3, -0.25) is 0 Å². The molecule has 2 aromatic rings. The molecule has 0 N–H and O–H groups in total. The third-order valence-corrected chi connectivity index (χ3v) is 3.39. The number of aromatic nitrogens is 1. The van der Waals surface area contributed by atoms with E-state index in [1.54, 1.807) is 7.11 Å². The second-order valence-electron chi connectivity index (χ2n) is 4.94. The van der Waals surface area contributed by atoms with Crippen molar-refractivity contribution in [1.29, 1.82) is 0 Å². The number of aryl methyl sites for hydroxylation is 1. The van der Waals surface area contributed by atoms with Crippen LogP contribution in [0.15, 0.2) is 36.4 Å². The fourth-order valence-corrected chi connectivity index (χ4v) is 2.39. The molecule has 0 spiro atoms. The van der Waals surface area contributed by atoms with E-state index >= 15 is 0 Å². The Kier molecular flexibility index (Phi) is 5.17. The van der Waals surface area contributed by atoms with Crippen LogP contribution >= 0.6 is 0 Å². The maximum Gasteiger partial charge on any atom is 0.339 e. The van der Waals surface area contributed by atoms with Gasteiger partial charge in [-0.2, -0.15) is 0 Å². The number of methoxy groups -OCH3 is 1.